The summed E-state index contributed by atoms with van der Waals surface area (Å²) in [4.78, 5) is 0.471. The smallest absolute Gasteiger partial charge is 0.241 e. The predicted molar refractivity (Wildman–Crippen MR) is 87.9 cm³/mol. The summed E-state index contributed by atoms with van der Waals surface area (Å²) in [5.74, 6) is 0.121. The first-order chi connectivity index (χ1) is 9.69. The van der Waals surface area contributed by atoms with Crippen molar-refractivity contribution in [2.24, 2.45) is 11.7 Å². The summed E-state index contributed by atoms with van der Waals surface area (Å²) < 4.78 is 32.7. The molecule has 0 spiro atoms. The first-order valence-corrected chi connectivity index (χ1v) is 8.50. The summed E-state index contributed by atoms with van der Waals surface area (Å²) in [7, 11) is -2.07. The molecule has 0 aliphatic heterocycles. The van der Waals surface area contributed by atoms with Crippen molar-refractivity contribution in [1.29, 1.82) is 0 Å². The standard InChI is InChI=1S/C14H22N2O3S2/c1-9(2)12(8-19-4)16-21(17,18)13-6-5-11(14(15)20)7-10(13)3/h5-7,9,12,16H,8H2,1-4H3,(H2,15,20). The van der Waals surface area contributed by atoms with Gasteiger partial charge in [0, 0.05) is 18.7 Å². The van der Waals surface area contributed by atoms with Crippen LogP contribution in [-0.2, 0) is 14.8 Å². The van der Waals surface area contributed by atoms with Crippen LogP contribution in [0.15, 0.2) is 23.1 Å². The number of aryl methyl sites for hydroxylation is 1. The van der Waals surface area contributed by atoms with Crippen LogP contribution >= 0.6 is 12.2 Å². The molecule has 21 heavy (non-hydrogen) atoms. The van der Waals surface area contributed by atoms with Crippen LogP contribution in [0.1, 0.15) is 25.0 Å². The minimum atomic E-state index is -3.61. The van der Waals surface area contributed by atoms with Crippen LogP contribution in [0.2, 0.25) is 0 Å². The lowest BCUT2D eigenvalue weighted by Crippen LogP contribution is -2.41. The van der Waals surface area contributed by atoms with Gasteiger partial charge in [0.15, 0.2) is 0 Å². The summed E-state index contributed by atoms with van der Waals surface area (Å²) >= 11 is 4.89. The molecule has 0 saturated carbocycles. The van der Waals surface area contributed by atoms with Gasteiger partial charge in [0.25, 0.3) is 0 Å². The topological polar surface area (TPSA) is 81.4 Å². The monoisotopic (exact) mass is 330 g/mol. The molecule has 0 amide bonds. The van der Waals surface area contributed by atoms with E-state index in [1.807, 2.05) is 13.8 Å². The molecule has 118 valence electrons. The first-order valence-electron chi connectivity index (χ1n) is 6.60. The molecule has 3 N–H and O–H groups in total. The van der Waals surface area contributed by atoms with Crippen molar-refractivity contribution < 1.29 is 13.2 Å². The molecule has 1 rings (SSSR count). The lowest BCUT2D eigenvalue weighted by Gasteiger charge is -2.22. The molecule has 1 unspecified atom stereocenters. The number of hydrogen-bond donors (Lipinski definition) is 2. The Morgan fingerprint density at radius 1 is 1.43 bits per heavy atom. The Bertz CT molecular complexity index is 613. The fourth-order valence-corrected chi connectivity index (χ4v) is 3.63. The Morgan fingerprint density at radius 2 is 2.05 bits per heavy atom. The van der Waals surface area contributed by atoms with Crippen LogP contribution in [-0.4, -0.2) is 33.2 Å². The number of benzene rings is 1. The number of nitrogens with two attached hydrogens (primary N) is 1. The fraction of sp³-hybridized carbons (Fsp3) is 0.500. The Labute approximate surface area is 131 Å². The van der Waals surface area contributed by atoms with Crippen molar-refractivity contribution >= 4 is 27.2 Å². The molecule has 1 atom stereocenters. The minimum Gasteiger partial charge on any atom is -0.389 e. The highest BCUT2D eigenvalue weighted by Gasteiger charge is 2.24. The zero-order valence-electron chi connectivity index (χ0n) is 12.7. The van der Waals surface area contributed by atoms with Gasteiger partial charge in [-0.25, -0.2) is 13.1 Å². The highest BCUT2D eigenvalue weighted by Crippen LogP contribution is 2.18. The van der Waals surface area contributed by atoms with E-state index in [-0.39, 0.29) is 21.8 Å². The van der Waals surface area contributed by atoms with Crippen molar-refractivity contribution in [3.05, 3.63) is 29.3 Å². The Kier molecular flexibility index (Phi) is 6.27. The maximum absolute atomic E-state index is 12.5. The lowest BCUT2D eigenvalue weighted by atomic mass is 10.1. The molecule has 0 aliphatic rings. The van der Waals surface area contributed by atoms with E-state index in [1.54, 1.807) is 26.2 Å². The highest BCUT2D eigenvalue weighted by atomic mass is 32.2. The fourth-order valence-electron chi connectivity index (χ4n) is 1.91. The molecule has 0 fully saturated rings. The largest absolute Gasteiger partial charge is 0.389 e. The third-order valence-electron chi connectivity index (χ3n) is 3.21. The van der Waals surface area contributed by atoms with Gasteiger partial charge in [-0.05, 0) is 30.5 Å². The average molecular weight is 330 g/mol. The molecule has 1 aromatic carbocycles. The molecule has 7 heteroatoms. The second kappa shape index (κ2) is 7.31. The van der Waals surface area contributed by atoms with E-state index in [0.717, 1.165) is 0 Å². The van der Waals surface area contributed by atoms with Gasteiger partial charge in [0.1, 0.15) is 4.99 Å². The normalized spacial score (nSPS) is 13.4. The van der Waals surface area contributed by atoms with E-state index >= 15 is 0 Å². The number of methoxy groups -OCH3 is 1. The van der Waals surface area contributed by atoms with Crippen LogP contribution in [0.25, 0.3) is 0 Å². The molecule has 5 nitrogen and oxygen atoms in total. The van der Waals surface area contributed by atoms with Gasteiger partial charge >= 0.3 is 0 Å². The van der Waals surface area contributed by atoms with E-state index in [1.165, 1.54) is 6.07 Å². The first kappa shape index (κ1) is 18.0. The molecule has 1 aromatic rings. The van der Waals surface area contributed by atoms with Gasteiger partial charge in [-0.3, -0.25) is 0 Å². The zero-order valence-corrected chi connectivity index (χ0v) is 14.3. The van der Waals surface area contributed by atoms with Gasteiger partial charge in [-0.1, -0.05) is 32.1 Å². The van der Waals surface area contributed by atoms with Gasteiger partial charge in [0.2, 0.25) is 10.0 Å². The van der Waals surface area contributed by atoms with Gasteiger partial charge in [0.05, 0.1) is 11.5 Å². The maximum Gasteiger partial charge on any atom is 0.241 e. The highest BCUT2D eigenvalue weighted by molar-refractivity contribution is 7.89. The van der Waals surface area contributed by atoms with Crippen LogP contribution < -0.4 is 10.5 Å². The molecule has 0 saturated heterocycles. The van der Waals surface area contributed by atoms with Crippen molar-refractivity contribution in [2.75, 3.05) is 13.7 Å². The summed E-state index contributed by atoms with van der Waals surface area (Å²) in [6.45, 7) is 5.92. The predicted octanol–water partition coefficient (Wildman–Crippen LogP) is 1.58. The van der Waals surface area contributed by atoms with E-state index in [9.17, 15) is 8.42 Å². The van der Waals surface area contributed by atoms with Crippen LogP contribution in [0.3, 0.4) is 0 Å². The third-order valence-corrected chi connectivity index (χ3v) is 5.09. The molecule has 0 bridgehead atoms. The van der Waals surface area contributed by atoms with Crippen molar-refractivity contribution in [3.63, 3.8) is 0 Å². The number of sulfonamides is 1. The zero-order chi connectivity index (χ0) is 16.2. The summed E-state index contributed by atoms with van der Waals surface area (Å²) in [5.41, 5.74) is 6.81. The van der Waals surface area contributed by atoms with Crippen molar-refractivity contribution in [1.82, 2.24) is 4.72 Å². The minimum absolute atomic E-state index is 0.121. The Balaban J connectivity index is 3.10. The maximum atomic E-state index is 12.5. The molecular formula is C14H22N2O3S2. The van der Waals surface area contributed by atoms with Crippen molar-refractivity contribution in [3.8, 4) is 0 Å². The van der Waals surface area contributed by atoms with Crippen molar-refractivity contribution in [2.45, 2.75) is 31.7 Å². The molecule has 0 aromatic heterocycles. The van der Waals surface area contributed by atoms with E-state index in [4.69, 9.17) is 22.7 Å². The summed E-state index contributed by atoms with van der Waals surface area (Å²) in [6.07, 6.45) is 0. The lowest BCUT2D eigenvalue weighted by molar-refractivity contribution is 0.157. The summed E-state index contributed by atoms with van der Waals surface area (Å²) in [6, 6.07) is 4.54. The van der Waals surface area contributed by atoms with Gasteiger partial charge in [-0.2, -0.15) is 0 Å². The molecule has 0 heterocycles. The molecule has 0 aliphatic carbocycles. The quantitative estimate of drug-likeness (QED) is 0.742. The van der Waals surface area contributed by atoms with E-state index in [0.29, 0.717) is 17.7 Å². The number of nitrogens with one attached hydrogen (secondary N) is 1. The second-order valence-corrected chi connectivity index (χ2v) is 7.39. The molecule has 0 radical (unpaired) electrons. The number of rotatable bonds is 7. The van der Waals surface area contributed by atoms with Crippen LogP contribution in [0.4, 0.5) is 0 Å². The van der Waals surface area contributed by atoms with E-state index in [2.05, 4.69) is 4.72 Å². The van der Waals surface area contributed by atoms with Crippen LogP contribution in [0, 0.1) is 12.8 Å². The number of ether oxygens (including phenoxy) is 1. The van der Waals surface area contributed by atoms with E-state index < -0.39 is 10.0 Å². The SMILES string of the molecule is COCC(NS(=O)(=O)c1ccc(C(N)=S)cc1C)C(C)C. The molecular weight excluding hydrogens is 308 g/mol. The second-order valence-electron chi connectivity index (χ2n) is 5.27. The number of hydrogen-bond acceptors (Lipinski definition) is 4. The Hall–Kier alpha value is -1.02. The number of thiocarbonyl (C=S) groups is 1. The summed E-state index contributed by atoms with van der Waals surface area (Å²) in [5, 5.41) is 0. The average Bonchev–Trinajstić information content (AvgIpc) is 2.37. The third kappa shape index (κ3) is 4.74. The van der Waals surface area contributed by atoms with Gasteiger partial charge < -0.3 is 10.5 Å². The van der Waals surface area contributed by atoms with Gasteiger partial charge in [-0.15, -0.1) is 0 Å². The Morgan fingerprint density at radius 3 is 2.48 bits per heavy atom. The van der Waals surface area contributed by atoms with Crippen LogP contribution in [0.5, 0.6) is 0 Å².